The molecule has 21 heavy (non-hydrogen) atoms. The van der Waals surface area contributed by atoms with Gasteiger partial charge in [0.25, 0.3) is 0 Å². The van der Waals surface area contributed by atoms with E-state index in [0.717, 1.165) is 0 Å². The van der Waals surface area contributed by atoms with Crippen LogP contribution in [0.25, 0.3) is 0 Å². The molecule has 1 amide bonds. The first-order valence-corrected chi connectivity index (χ1v) is 6.08. The van der Waals surface area contributed by atoms with Crippen LogP contribution in [0.1, 0.15) is 17.4 Å². The van der Waals surface area contributed by atoms with Gasteiger partial charge in [-0.15, -0.1) is 0 Å². The van der Waals surface area contributed by atoms with Crippen LogP contribution in [-0.4, -0.2) is 17.6 Å². The summed E-state index contributed by atoms with van der Waals surface area (Å²) in [5.41, 5.74) is -0.275. The van der Waals surface area contributed by atoms with E-state index < -0.39 is 42.4 Å². The van der Waals surface area contributed by atoms with E-state index in [9.17, 15) is 23.1 Å². The standard InChI is InChI=1S/C14H12F3NO3/c15-9-6-11(17)10(16)4-8(9)5-14(20)18-12(7-19)13-2-1-3-21-13/h1-4,6,12,19H,5,7H2,(H,18,20). The van der Waals surface area contributed by atoms with E-state index >= 15 is 0 Å². The monoisotopic (exact) mass is 299 g/mol. The van der Waals surface area contributed by atoms with Crippen molar-refractivity contribution in [3.63, 3.8) is 0 Å². The number of carbonyl (C=O) groups is 1. The summed E-state index contributed by atoms with van der Waals surface area (Å²) in [5, 5.41) is 11.6. The maximum atomic E-state index is 13.4. The number of rotatable bonds is 5. The number of furan rings is 1. The Morgan fingerprint density at radius 1 is 1.24 bits per heavy atom. The second kappa shape index (κ2) is 6.45. The van der Waals surface area contributed by atoms with Gasteiger partial charge in [-0.3, -0.25) is 4.79 Å². The van der Waals surface area contributed by atoms with Crippen molar-refractivity contribution in [2.75, 3.05) is 6.61 Å². The molecule has 2 N–H and O–H groups in total. The van der Waals surface area contributed by atoms with Crippen molar-refractivity contribution in [2.45, 2.75) is 12.5 Å². The summed E-state index contributed by atoms with van der Waals surface area (Å²) in [6, 6.07) is 3.36. The molecule has 1 atom stereocenters. The zero-order chi connectivity index (χ0) is 15.4. The number of hydrogen-bond acceptors (Lipinski definition) is 3. The number of carbonyl (C=O) groups excluding carboxylic acids is 1. The van der Waals surface area contributed by atoms with Crippen LogP contribution in [0.3, 0.4) is 0 Å². The average molecular weight is 299 g/mol. The summed E-state index contributed by atoms with van der Waals surface area (Å²) in [6.45, 7) is -0.417. The molecule has 2 aromatic rings. The van der Waals surface area contributed by atoms with Gasteiger partial charge in [0.05, 0.1) is 19.3 Å². The third-order valence-corrected chi connectivity index (χ3v) is 2.84. The third-order valence-electron chi connectivity index (χ3n) is 2.84. The quantitative estimate of drug-likeness (QED) is 0.831. The van der Waals surface area contributed by atoms with Gasteiger partial charge in [-0.2, -0.15) is 0 Å². The van der Waals surface area contributed by atoms with Crippen LogP contribution in [0.15, 0.2) is 34.9 Å². The van der Waals surface area contributed by atoms with Gasteiger partial charge < -0.3 is 14.8 Å². The molecule has 0 aliphatic heterocycles. The lowest BCUT2D eigenvalue weighted by Gasteiger charge is -2.14. The fourth-order valence-corrected chi connectivity index (χ4v) is 1.81. The van der Waals surface area contributed by atoms with Crippen molar-refractivity contribution < 1.29 is 27.5 Å². The van der Waals surface area contributed by atoms with Crippen molar-refractivity contribution in [3.8, 4) is 0 Å². The molecule has 7 heteroatoms. The Morgan fingerprint density at radius 2 is 1.95 bits per heavy atom. The fraction of sp³-hybridized carbons (Fsp3) is 0.214. The first-order valence-electron chi connectivity index (χ1n) is 6.08. The van der Waals surface area contributed by atoms with E-state index in [-0.39, 0.29) is 5.56 Å². The Hall–Kier alpha value is -2.28. The number of amides is 1. The maximum Gasteiger partial charge on any atom is 0.225 e. The summed E-state index contributed by atoms with van der Waals surface area (Å²) in [4.78, 5) is 11.8. The summed E-state index contributed by atoms with van der Waals surface area (Å²) in [6.07, 6.45) is 0.888. The van der Waals surface area contributed by atoms with Crippen molar-refractivity contribution in [1.29, 1.82) is 0 Å². The summed E-state index contributed by atoms with van der Waals surface area (Å²) < 4.78 is 44.3. The molecule has 0 saturated carbocycles. The lowest BCUT2D eigenvalue weighted by molar-refractivity contribution is -0.121. The molecule has 2 rings (SSSR count). The van der Waals surface area contributed by atoms with E-state index in [1.165, 1.54) is 6.26 Å². The van der Waals surface area contributed by atoms with Gasteiger partial charge in [0.2, 0.25) is 5.91 Å². The maximum absolute atomic E-state index is 13.4. The number of halogens is 3. The third kappa shape index (κ3) is 3.63. The normalized spacial score (nSPS) is 12.2. The second-order valence-electron chi connectivity index (χ2n) is 4.35. The minimum Gasteiger partial charge on any atom is -0.467 e. The number of aliphatic hydroxyl groups is 1. The molecule has 1 aromatic heterocycles. The Kier molecular flexibility index (Phi) is 4.64. The van der Waals surface area contributed by atoms with Crippen LogP contribution >= 0.6 is 0 Å². The van der Waals surface area contributed by atoms with E-state index in [0.29, 0.717) is 17.9 Å². The first-order chi connectivity index (χ1) is 10.0. The van der Waals surface area contributed by atoms with Crippen molar-refractivity contribution >= 4 is 5.91 Å². The highest BCUT2D eigenvalue weighted by Crippen LogP contribution is 2.16. The molecule has 1 heterocycles. The first kappa shape index (κ1) is 15.1. The molecule has 0 bridgehead atoms. The van der Waals surface area contributed by atoms with Crippen LogP contribution < -0.4 is 5.32 Å². The highest BCUT2D eigenvalue weighted by molar-refractivity contribution is 5.79. The largest absolute Gasteiger partial charge is 0.467 e. The Bertz CT molecular complexity index is 629. The van der Waals surface area contributed by atoms with Crippen molar-refractivity contribution in [3.05, 3.63) is 59.3 Å². The number of benzene rings is 1. The minimum absolute atomic E-state index is 0.275. The Balaban J connectivity index is 2.06. The van der Waals surface area contributed by atoms with Crippen LogP contribution in [-0.2, 0) is 11.2 Å². The van der Waals surface area contributed by atoms with E-state index in [1.807, 2.05) is 0 Å². The Morgan fingerprint density at radius 3 is 2.57 bits per heavy atom. The average Bonchev–Trinajstić information content (AvgIpc) is 2.96. The number of aliphatic hydroxyl groups excluding tert-OH is 1. The second-order valence-corrected chi connectivity index (χ2v) is 4.35. The van der Waals surface area contributed by atoms with Crippen molar-refractivity contribution in [2.24, 2.45) is 0 Å². The highest BCUT2D eigenvalue weighted by atomic mass is 19.2. The number of nitrogens with one attached hydrogen (secondary N) is 1. The summed E-state index contributed by atoms with van der Waals surface area (Å²) >= 11 is 0. The lowest BCUT2D eigenvalue weighted by Crippen LogP contribution is -2.32. The van der Waals surface area contributed by atoms with Gasteiger partial charge in [0.15, 0.2) is 11.6 Å². The molecule has 1 aromatic carbocycles. The van der Waals surface area contributed by atoms with Crippen LogP contribution in [0.4, 0.5) is 13.2 Å². The molecule has 0 radical (unpaired) electrons. The van der Waals surface area contributed by atoms with Gasteiger partial charge >= 0.3 is 0 Å². The molecule has 0 aliphatic carbocycles. The molecule has 0 spiro atoms. The predicted molar refractivity (Wildman–Crippen MR) is 66.7 cm³/mol. The molecule has 112 valence electrons. The van der Waals surface area contributed by atoms with Gasteiger partial charge in [-0.05, 0) is 18.2 Å². The van der Waals surface area contributed by atoms with Crippen molar-refractivity contribution in [1.82, 2.24) is 5.32 Å². The zero-order valence-corrected chi connectivity index (χ0v) is 10.8. The molecule has 0 saturated heterocycles. The van der Waals surface area contributed by atoms with Gasteiger partial charge in [-0.25, -0.2) is 13.2 Å². The topological polar surface area (TPSA) is 62.5 Å². The minimum atomic E-state index is -1.32. The SMILES string of the molecule is O=C(Cc1cc(F)c(F)cc1F)NC(CO)c1ccco1. The fourth-order valence-electron chi connectivity index (χ4n) is 1.81. The molecular formula is C14H12F3NO3. The van der Waals surface area contributed by atoms with E-state index in [4.69, 9.17) is 4.42 Å². The van der Waals surface area contributed by atoms with Crippen LogP contribution in [0.2, 0.25) is 0 Å². The van der Waals surface area contributed by atoms with Gasteiger partial charge in [-0.1, -0.05) is 0 Å². The molecule has 4 nitrogen and oxygen atoms in total. The van der Waals surface area contributed by atoms with Crippen LogP contribution in [0, 0.1) is 17.5 Å². The highest BCUT2D eigenvalue weighted by Gasteiger charge is 2.18. The van der Waals surface area contributed by atoms with E-state index in [1.54, 1.807) is 12.1 Å². The molecule has 1 unspecified atom stereocenters. The summed E-state index contributed by atoms with van der Waals surface area (Å²) in [7, 11) is 0. The molecule has 0 fully saturated rings. The predicted octanol–water partition coefficient (Wildman–Crippen LogP) is 2.09. The van der Waals surface area contributed by atoms with Gasteiger partial charge in [0.1, 0.15) is 17.6 Å². The Labute approximate surface area is 118 Å². The van der Waals surface area contributed by atoms with Crippen LogP contribution in [0.5, 0.6) is 0 Å². The smallest absolute Gasteiger partial charge is 0.225 e. The summed E-state index contributed by atoms with van der Waals surface area (Å²) in [5.74, 6) is -3.89. The molecular weight excluding hydrogens is 287 g/mol. The zero-order valence-electron chi connectivity index (χ0n) is 10.8. The number of hydrogen-bond donors (Lipinski definition) is 2. The van der Waals surface area contributed by atoms with Gasteiger partial charge in [0, 0.05) is 11.6 Å². The molecule has 0 aliphatic rings. The van der Waals surface area contributed by atoms with E-state index in [2.05, 4.69) is 5.32 Å². The lowest BCUT2D eigenvalue weighted by atomic mass is 10.1.